The van der Waals surface area contributed by atoms with Crippen LogP contribution >= 0.6 is 0 Å². The molecule has 0 bridgehead atoms. The molecule has 2 aromatic carbocycles. The van der Waals surface area contributed by atoms with Crippen LogP contribution in [0, 0.1) is 0 Å². The molecule has 0 amide bonds. The number of rotatable bonds is 10. The van der Waals surface area contributed by atoms with E-state index in [1.165, 1.54) is 0 Å². The zero-order chi connectivity index (χ0) is 23.5. The van der Waals surface area contributed by atoms with Crippen molar-refractivity contribution in [3.8, 4) is 34.4 Å². The molecule has 3 aromatic rings. The van der Waals surface area contributed by atoms with Crippen molar-refractivity contribution in [2.75, 3.05) is 0 Å². The summed E-state index contributed by atoms with van der Waals surface area (Å²) in [5.74, 6) is 1.03. The second-order valence-electron chi connectivity index (χ2n) is 7.12. The predicted molar refractivity (Wildman–Crippen MR) is 125 cm³/mol. The third kappa shape index (κ3) is 7.28. The Balaban J connectivity index is 1.59. The lowest BCUT2D eigenvalue weighted by molar-refractivity contribution is -0.135. The minimum absolute atomic E-state index is 0.284. The van der Waals surface area contributed by atoms with E-state index in [0.717, 1.165) is 0 Å². The molecule has 0 saturated carbocycles. The first-order valence-electron chi connectivity index (χ1n) is 10.8. The molecule has 1 aromatic heterocycles. The minimum atomic E-state index is -0.284. The molecule has 0 N–H and O–H groups in total. The number of aromatic nitrogens is 2. The Labute approximate surface area is 192 Å². The number of hydrogen-bond acceptors (Lipinski definition) is 7. The molecule has 0 radical (unpaired) electrons. The zero-order valence-electron chi connectivity index (χ0n) is 18.7. The van der Waals surface area contributed by atoms with E-state index < -0.39 is 0 Å². The topological polar surface area (TPSA) is 91.5 Å². The van der Waals surface area contributed by atoms with Gasteiger partial charge < -0.3 is 13.9 Å². The lowest BCUT2D eigenvalue weighted by Gasteiger charge is -2.04. The van der Waals surface area contributed by atoms with E-state index in [4.69, 9.17) is 13.9 Å². The van der Waals surface area contributed by atoms with Gasteiger partial charge in [0.05, 0.1) is 0 Å². The van der Waals surface area contributed by atoms with Crippen molar-refractivity contribution in [2.24, 2.45) is 0 Å². The maximum Gasteiger partial charge on any atom is 0.311 e. The van der Waals surface area contributed by atoms with Crippen LogP contribution in [0.5, 0.6) is 11.5 Å². The summed E-state index contributed by atoms with van der Waals surface area (Å²) in [5, 5.41) is 8.18. The van der Waals surface area contributed by atoms with Gasteiger partial charge in [-0.25, -0.2) is 0 Å². The van der Waals surface area contributed by atoms with Crippen molar-refractivity contribution in [3.63, 3.8) is 0 Å². The largest absolute Gasteiger partial charge is 0.427 e. The van der Waals surface area contributed by atoms with E-state index >= 15 is 0 Å². The fraction of sp³-hybridized carbons (Fsp3) is 0.231. The fourth-order valence-corrected chi connectivity index (χ4v) is 2.89. The number of carbonyl (C=O) groups is 2. The van der Waals surface area contributed by atoms with E-state index in [-0.39, 0.29) is 11.9 Å². The molecule has 0 atom stereocenters. The molecule has 7 nitrogen and oxygen atoms in total. The number of esters is 2. The highest BCUT2D eigenvalue weighted by Gasteiger charge is 2.12. The number of hydrogen-bond donors (Lipinski definition) is 0. The third-order valence-electron chi connectivity index (χ3n) is 4.59. The highest BCUT2D eigenvalue weighted by Crippen LogP contribution is 2.27. The van der Waals surface area contributed by atoms with Gasteiger partial charge in [0.1, 0.15) is 11.5 Å². The van der Waals surface area contributed by atoms with Gasteiger partial charge in [-0.1, -0.05) is 24.3 Å². The molecule has 0 aliphatic carbocycles. The molecule has 0 fully saturated rings. The molecule has 0 aliphatic rings. The average molecular weight is 447 g/mol. The normalized spacial score (nSPS) is 11.2. The molecular weight excluding hydrogens is 420 g/mol. The van der Waals surface area contributed by atoms with Gasteiger partial charge in [0.15, 0.2) is 0 Å². The maximum absolute atomic E-state index is 11.8. The number of benzene rings is 2. The Hall–Kier alpha value is -4.00. The summed E-state index contributed by atoms with van der Waals surface area (Å²) in [7, 11) is 0. The van der Waals surface area contributed by atoms with E-state index in [9.17, 15) is 9.59 Å². The van der Waals surface area contributed by atoms with E-state index in [1.54, 1.807) is 48.5 Å². The Morgan fingerprint density at radius 3 is 1.48 bits per heavy atom. The molecule has 0 spiro atoms. The number of nitrogens with zero attached hydrogens (tertiary/aromatic N) is 2. The lowest BCUT2D eigenvalue weighted by atomic mass is 10.2. The Kier molecular flexibility index (Phi) is 8.71. The summed E-state index contributed by atoms with van der Waals surface area (Å²) in [5.41, 5.74) is 1.41. The van der Waals surface area contributed by atoms with Gasteiger partial charge in [0.25, 0.3) is 0 Å². The van der Waals surface area contributed by atoms with Crippen LogP contribution in [0.4, 0.5) is 0 Å². The first-order chi connectivity index (χ1) is 16.1. The van der Waals surface area contributed by atoms with Gasteiger partial charge in [0, 0.05) is 24.0 Å². The molecular formula is C26H26N2O5. The summed E-state index contributed by atoms with van der Waals surface area (Å²) < 4.78 is 16.4. The van der Waals surface area contributed by atoms with E-state index in [2.05, 4.69) is 10.2 Å². The van der Waals surface area contributed by atoms with Gasteiger partial charge >= 0.3 is 11.9 Å². The first kappa shape index (κ1) is 23.7. The Morgan fingerprint density at radius 2 is 1.12 bits per heavy atom. The van der Waals surface area contributed by atoms with Crippen LogP contribution in [0.2, 0.25) is 0 Å². The number of carbonyl (C=O) groups excluding carboxylic acids is 2. The SMILES string of the molecule is CC=CCCC(=O)Oc1ccc(-c2nnc(-c3ccc(OC(=O)CCC=CC)cc3)o2)cc1. The van der Waals surface area contributed by atoms with Gasteiger partial charge in [-0.2, -0.15) is 0 Å². The Bertz CT molecular complexity index is 1020. The standard InChI is InChI=1S/C26H26N2O5/c1-3-5-7-9-23(29)31-21-15-11-19(12-16-21)25-27-28-26(33-25)20-13-17-22(18-14-20)32-24(30)10-8-6-4-2/h3-6,11-18H,7-10H2,1-2H3. The van der Waals surface area contributed by atoms with Gasteiger partial charge in [-0.15, -0.1) is 10.2 Å². The van der Waals surface area contributed by atoms with E-state index in [0.29, 0.717) is 60.1 Å². The maximum atomic E-state index is 11.8. The van der Waals surface area contributed by atoms with Crippen LogP contribution in [-0.2, 0) is 9.59 Å². The number of ether oxygens (including phenoxy) is 2. The van der Waals surface area contributed by atoms with Crippen LogP contribution in [0.15, 0.2) is 77.3 Å². The summed E-state index contributed by atoms with van der Waals surface area (Å²) >= 11 is 0. The summed E-state index contributed by atoms with van der Waals surface area (Å²) in [6.07, 6.45) is 9.60. The van der Waals surface area contributed by atoms with Crippen molar-refractivity contribution in [1.82, 2.24) is 10.2 Å². The van der Waals surface area contributed by atoms with Gasteiger partial charge in [-0.3, -0.25) is 9.59 Å². The average Bonchev–Trinajstić information content (AvgIpc) is 3.31. The third-order valence-corrected chi connectivity index (χ3v) is 4.59. The summed E-state index contributed by atoms with van der Waals surface area (Å²) in [4.78, 5) is 23.6. The molecule has 170 valence electrons. The molecule has 0 aliphatic heterocycles. The molecule has 0 saturated heterocycles. The summed E-state index contributed by atoms with van der Waals surface area (Å²) in [6, 6.07) is 13.8. The van der Waals surface area contributed by atoms with Crippen LogP contribution in [-0.4, -0.2) is 22.1 Å². The van der Waals surface area contributed by atoms with Crippen LogP contribution in [0.1, 0.15) is 39.5 Å². The molecule has 33 heavy (non-hydrogen) atoms. The first-order valence-corrected chi connectivity index (χ1v) is 10.8. The van der Waals surface area contributed by atoms with Crippen LogP contribution < -0.4 is 9.47 Å². The predicted octanol–water partition coefficient (Wildman–Crippen LogP) is 5.93. The van der Waals surface area contributed by atoms with Gasteiger partial charge in [-0.05, 0) is 75.2 Å². The molecule has 1 heterocycles. The lowest BCUT2D eigenvalue weighted by Crippen LogP contribution is -2.06. The highest BCUT2D eigenvalue weighted by atomic mass is 16.5. The smallest absolute Gasteiger partial charge is 0.311 e. The fourth-order valence-electron chi connectivity index (χ4n) is 2.89. The second kappa shape index (κ2) is 12.1. The summed E-state index contributed by atoms with van der Waals surface area (Å²) in [6.45, 7) is 3.82. The second-order valence-corrected chi connectivity index (χ2v) is 7.12. The van der Waals surface area contributed by atoms with Crippen molar-refractivity contribution in [1.29, 1.82) is 0 Å². The minimum Gasteiger partial charge on any atom is -0.427 e. The van der Waals surface area contributed by atoms with Gasteiger partial charge in [0.2, 0.25) is 11.8 Å². The van der Waals surface area contributed by atoms with Crippen LogP contribution in [0.3, 0.4) is 0 Å². The van der Waals surface area contributed by atoms with Crippen molar-refractivity contribution in [3.05, 3.63) is 72.8 Å². The van der Waals surface area contributed by atoms with Crippen molar-refractivity contribution >= 4 is 11.9 Å². The van der Waals surface area contributed by atoms with Crippen molar-refractivity contribution < 1.29 is 23.5 Å². The molecule has 7 heteroatoms. The molecule has 0 unspecified atom stereocenters. The zero-order valence-corrected chi connectivity index (χ0v) is 18.7. The Morgan fingerprint density at radius 1 is 0.727 bits per heavy atom. The molecule has 3 rings (SSSR count). The number of allylic oxidation sites excluding steroid dienone is 4. The van der Waals surface area contributed by atoms with Crippen LogP contribution in [0.25, 0.3) is 22.9 Å². The van der Waals surface area contributed by atoms with Crippen molar-refractivity contribution in [2.45, 2.75) is 39.5 Å². The quantitative estimate of drug-likeness (QED) is 0.217. The monoisotopic (exact) mass is 446 g/mol. The highest BCUT2D eigenvalue weighted by molar-refractivity contribution is 5.73. The van der Waals surface area contributed by atoms with E-state index in [1.807, 2.05) is 38.2 Å².